The Morgan fingerprint density at radius 2 is 2.30 bits per heavy atom. The Morgan fingerprint density at radius 3 is 3.05 bits per heavy atom. The molecule has 5 heteroatoms. The van der Waals surface area contributed by atoms with Crippen molar-refractivity contribution in [3.63, 3.8) is 0 Å². The molecule has 0 saturated heterocycles. The van der Waals surface area contributed by atoms with E-state index in [0.29, 0.717) is 17.6 Å². The van der Waals surface area contributed by atoms with Gasteiger partial charge in [-0.25, -0.2) is 0 Å². The van der Waals surface area contributed by atoms with Crippen LogP contribution in [0.15, 0.2) is 22.9 Å². The van der Waals surface area contributed by atoms with Crippen molar-refractivity contribution in [2.24, 2.45) is 11.7 Å². The van der Waals surface area contributed by atoms with Crippen molar-refractivity contribution in [3.8, 4) is 11.5 Å². The van der Waals surface area contributed by atoms with Gasteiger partial charge < -0.3 is 10.3 Å². The number of aryl methyl sites for hydroxylation is 1. The minimum Gasteiger partial charge on any atom is -0.337 e. The van der Waals surface area contributed by atoms with E-state index in [9.17, 15) is 0 Å². The second-order valence-corrected chi connectivity index (χ2v) is 6.00. The largest absolute Gasteiger partial charge is 0.337 e. The van der Waals surface area contributed by atoms with Gasteiger partial charge in [-0.05, 0) is 43.4 Å². The van der Waals surface area contributed by atoms with E-state index in [1.165, 1.54) is 6.42 Å². The summed E-state index contributed by atoms with van der Waals surface area (Å²) in [5.41, 5.74) is 7.85. The van der Waals surface area contributed by atoms with Crippen LogP contribution >= 0.6 is 0 Å². The fourth-order valence-corrected chi connectivity index (χ4v) is 2.97. The van der Waals surface area contributed by atoms with Crippen LogP contribution in [0.2, 0.25) is 0 Å². The van der Waals surface area contributed by atoms with Crippen molar-refractivity contribution in [2.75, 3.05) is 0 Å². The SMILES string of the molecule is Cc1ccnc(-c2noc(C3(N)CCCC(C)C3)n2)c1. The lowest BCUT2D eigenvalue weighted by Crippen LogP contribution is -2.41. The molecule has 1 aliphatic rings. The summed E-state index contributed by atoms with van der Waals surface area (Å²) < 4.78 is 5.42. The van der Waals surface area contributed by atoms with Gasteiger partial charge in [0.2, 0.25) is 11.7 Å². The lowest BCUT2D eigenvalue weighted by atomic mass is 9.77. The highest BCUT2D eigenvalue weighted by atomic mass is 16.5. The van der Waals surface area contributed by atoms with Crippen molar-refractivity contribution in [1.29, 1.82) is 0 Å². The second kappa shape index (κ2) is 4.98. The van der Waals surface area contributed by atoms with Crippen LogP contribution in [0.5, 0.6) is 0 Å². The maximum absolute atomic E-state index is 6.48. The molecule has 20 heavy (non-hydrogen) atoms. The average Bonchev–Trinajstić information content (AvgIpc) is 2.88. The summed E-state index contributed by atoms with van der Waals surface area (Å²) in [4.78, 5) is 8.77. The summed E-state index contributed by atoms with van der Waals surface area (Å²) >= 11 is 0. The first-order chi connectivity index (χ1) is 9.57. The number of aromatic nitrogens is 3. The Balaban J connectivity index is 1.90. The van der Waals surface area contributed by atoms with Crippen LogP contribution in [0.25, 0.3) is 11.5 Å². The number of rotatable bonds is 2. The van der Waals surface area contributed by atoms with Gasteiger partial charge in [-0.2, -0.15) is 4.98 Å². The van der Waals surface area contributed by atoms with Crippen LogP contribution in [0.4, 0.5) is 0 Å². The number of nitrogens with two attached hydrogens (primary N) is 1. The van der Waals surface area contributed by atoms with Crippen molar-refractivity contribution in [2.45, 2.75) is 45.1 Å². The van der Waals surface area contributed by atoms with E-state index in [4.69, 9.17) is 10.3 Å². The van der Waals surface area contributed by atoms with Gasteiger partial charge in [-0.1, -0.05) is 24.9 Å². The Morgan fingerprint density at radius 1 is 1.45 bits per heavy atom. The molecule has 0 aliphatic heterocycles. The van der Waals surface area contributed by atoms with Crippen LogP contribution in [0.1, 0.15) is 44.1 Å². The topological polar surface area (TPSA) is 77.8 Å². The zero-order chi connectivity index (χ0) is 14.2. The molecule has 2 aromatic heterocycles. The first kappa shape index (κ1) is 13.2. The summed E-state index contributed by atoms with van der Waals surface area (Å²) in [6.45, 7) is 4.24. The van der Waals surface area contributed by atoms with Gasteiger partial charge in [-0.3, -0.25) is 4.98 Å². The number of pyridine rings is 1. The normalized spacial score (nSPS) is 26.6. The summed E-state index contributed by atoms with van der Waals surface area (Å²) in [7, 11) is 0. The van der Waals surface area contributed by atoms with Crippen LogP contribution in [-0.2, 0) is 5.54 Å². The molecule has 0 bridgehead atoms. The van der Waals surface area contributed by atoms with Crippen LogP contribution in [0.3, 0.4) is 0 Å². The standard InChI is InChI=1S/C15H20N4O/c1-10-5-7-17-12(8-10)13-18-14(20-19-13)15(16)6-3-4-11(2)9-15/h5,7-8,11H,3-4,6,9,16H2,1-2H3. The molecule has 2 heterocycles. The van der Waals surface area contributed by atoms with Crippen LogP contribution < -0.4 is 5.73 Å². The summed E-state index contributed by atoms with van der Waals surface area (Å²) in [6.07, 6.45) is 5.88. The molecule has 1 saturated carbocycles. The zero-order valence-electron chi connectivity index (χ0n) is 12.0. The molecule has 106 valence electrons. The molecule has 2 atom stereocenters. The van der Waals surface area contributed by atoms with Crippen molar-refractivity contribution in [3.05, 3.63) is 29.8 Å². The summed E-state index contributed by atoms with van der Waals surface area (Å²) in [5.74, 6) is 1.66. The monoisotopic (exact) mass is 272 g/mol. The smallest absolute Gasteiger partial charge is 0.247 e. The highest BCUT2D eigenvalue weighted by Crippen LogP contribution is 2.37. The van der Waals surface area contributed by atoms with E-state index in [0.717, 1.165) is 30.5 Å². The molecule has 0 spiro atoms. The molecule has 1 aliphatic carbocycles. The molecule has 0 aromatic carbocycles. The van der Waals surface area contributed by atoms with E-state index < -0.39 is 5.54 Å². The minimum absolute atomic E-state index is 0.479. The first-order valence-electron chi connectivity index (χ1n) is 7.13. The van der Waals surface area contributed by atoms with Gasteiger partial charge in [0.15, 0.2) is 0 Å². The second-order valence-electron chi connectivity index (χ2n) is 6.00. The molecule has 2 unspecified atom stereocenters. The average molecular weight is 272 g/mol. The maximum Gasteiger partial charge on any atom is 0.247 e. The number of hydrogen-bond acceptors (Lipinski definition) is 5. The molecular weight excluding hydrogens is 252 g/mol. The summed E-state index contributed by atoms with van der Waals surface area (Å²) in [6, 6.07) is 3.89. The highest BCUT2D eigenvalue weighted by Gasteiger charge is 2.37. The third-order valence-electron chi connectivity index (χ3n) is 4.03. The lowest BCUT2D eigenvalue weighted by Gasteiger charge is -2.33. The molecule has 2 aromatic rings. The predicted octanol–water partition coefficient (Wildman–Crippen LogP) is 2.80. The van der Waals surface area contributed by atoms with E-state index in [-0.39, 0.29) is 0 Å². The maximum atomic E-state index is 6.48. The molecule has 1 fully saturated rings. The van der Waals surface area contributed by atoms with Gasteiger partial charge in [0, 0.05) is 6.20 Å². The van der Waals surface area contributed by atoms with Crippen molar-refractivity contribution >= 4 is 0 Å². The van der Waals surface area contributed by atoms with E-state index in [1.807, 2.05) is 19.1 Å². The lowest BCUT2D eigenvalue weighted by molar-refractivity contribution is 0.183. The van der Waals surface area contributed by atoms with Crippen molar-refractivity contribution in [1.82, 2.24) is 15.1 Å². The van der Waals surface area contributed by atoms with E-state index >= 15 is 0 Å². The Hall–Kier alpha value is -1.75. The first-order valence-corrected chi connectivity index (χ1v) is 7.13. The fraction of sp³-hybridized carbons (Fsp3) is 0.533. The van der Waals surface area contributed by atoms with Gasteiger partial charge in [-0.15, -0.1) is 0 Å². The molecule has 5 nitrogen and oxygen atoms in total. The molecule has 0 amide bonds. The minimum atomic E-state index is -0.479. The highest BCUT2D eigenvalue weighted by molar-refractivity contribution is 5.49. The molecule has 3 rings (SSSR count). The van der Waals surface area contributed by atoms with Crippen molar-refractivity contribution < 1.29 is 4.52 Å². The fourth-order valence-electron chi connectivity index (χ4n) is 2.97. The van der Waals surface area contributed by atoms with Crippen LogP contribution in [-0.4, -0.2) is 15.1 Å². The molecule has 2 N–H and O–H groups in total. The summed E-state index contributed by atoms with van der Waals surface area (Å²) in [5, 5.41) is 4.04. The van der Waals surface area contributed by atoms with Gasteiger partial charge in [0.25, 0.3) is 0 Å². The van der Waals surface area contributed by atoms with Gasteiger partial charge >= 0.3 is 0 Å². The Labute approximate surface area is 118 Å². The third kappa shape index (κ3) is 2.45. The number of hydrogen-bond donors (Lipinski definition) is 1. The van der Waals surface area contributed by atoms with Gasteiger partial charge in [0.1, 0.15) is 5.69 Å². The Kier molecular flexibility index (Phi) is 3.30. The molecular formula is C15H20N4O. The molecule has 0 radical (unpaired) electrons. The number of nitrogens with zero attached hydrogens (tertiary/aromatic N) is 3. The van der Waals surface area contributed by atoms with E-state index in [1.54, 1.807) is 6.20 Å². The van der Waals surface area contributed by atoms with E-state index in [2.05, 4.69) is 22.0 Å². The zero-order valence-corrected chi connectivity index (χ0v) is 12.0. The van der Waals surface area contributed by atoms with Crippen LogP contribution in [0, 0.1) is 12.8 Å². The predicted molar refractivity (Wildman–Crippen MR) is 75.8 cm³/mol. The Bertz CT molecular complexity index is 609. The quantitative estimate of drug-likeness (QED) is 0.909. The third-order valence-corrected chi connectivity index (χ3v) is 4.03. The van der Waals surface area contributed by atoms with Gasteiger partial charge in [0.05, 0.1) is 5.54 Å².